The fourth-order valence-electron chi connectivity index (χ4n) is 2.09. The molecule has 0 saturated heterocycles. The van der Waals surface area contributed by atoms with Gasteiger partial charge in [0, 0.05) is 18.7 Å². The minimum Gasteiger partial charge on any atom is -0.494 e. The van der Waals surface area contributed by atoms with Crippen LogP contribution < -0.4 is 15.4 Å². The van der Waals surface area contributed by atoms with Gasteiger partial charge in [-0.05, 0) is 48.9 Å². The average molecular weight is 342 g/mol. The zero-order valence-corrected chi connectivity index (χ0v) is 14.0. The molecule has 0 spiro atoms. The summed E-state index contributed by atoms with van der Waals surface area (Å²) in [5.41, 5.74) is 1.24. The first-order valence-corrected chi connectivity index (χ1v) is 7.77. The predicted molar refractivity (Wildman–Crippen MR) is 96.0 cm³/mol. The van der Waals surface area contributed by atoms with Gasteiger partial charge in [0.15, 0.2) is 0 Å². The van der Waals surface area contributed by atoms with Crippen LogP contribution in [0, 0.1) is 5.82 Å². The minimum absolute atomic E-state index is 0.0146. The van der Waals surface area contributed by atoms with Crippen LogP contribution in [0.2, 0.25) is 0 Å². The Hall–Kier alpha value is -3.15. The molecule has 0 bridgehead atoms. The molecule has 0 atom stereocenters. The summed E-state index contributed by atoms with van der Waals surface area (Å²) in [6.07, 6.45) is 3.03. The molecule has 0 aliphatic carbocycles. The second-order valence-corrected chi connectivity index (χ2v) is 5.20. The zero-order valence-electron chi connectivity index (χ0n) is 14.0. The van der Waals surface area contributed by atoms with Crippen molar-refractivity contribution in [2.45, 2.75) is 13.8 Å². The highest BCUT2D eigenvalue weighted by molar-refractivity contribution is 6.02. The van der Waals surface area contributed by atoms with Gasteiger partial charge in [-0.1, -0.05) is 12.1 Å². The largest absolute Gasteiger partial charge is 0.494 e. The Balaban J connectivity index is 2.00. The van der Waals surface area contributed by atoms with Gasteiger partial charge in [0.2, 0.25) is 11.8 Å². The van der Waals surface area contributed by atoms with Crippen molar-refractivity contribution in [3.8, 4) is 5.75 Å². The maximum Gasteiger partial charge on any atom is 0.248 e. The molecule has 6 heteroatoms. The Morgan fingerprint density at radius 3 is 2.48 bits per heavy atom. The number of benzene rings is 2. The number of anilines is 2. The van der Waals surface area contributed by atoms with Gasteiger partial charge in [0.25, 0.3) is 0 Å². The van der Waals surface area contributed by atoms with E-state index in [0.29, 0.717) is 12.3 Å². The van der Waals surface area contributed by atoms with E-state index in [1.165, 1.54) is 31.2 Å². The number of hydrogen-bond acceptors (Lipinski definition) is 3. The Bertz CT molecular complexity index is 786. The highest BCUT2D eigenvalue weighted by Crippen LogP contribution is 2.20. The van der Waals surface area contributed by atoms with E-state index in [0.717, 1.165) is 11.3 Å². The van der Waals surface area contributed by atoms with Gasteiger partial charge < -0.3 is 15.4 Å². The highest BCUT2D eigenvalue weighted by Gasteiger charge is 2.06. The first-order valence-electron chi connectivity index (χ1n) is 7.77. The van der Waals surface area contributed by atoms with Gasteiger partial charge in [0.1, 0.15) is 11.6 Å². The van der Waals surface area contributed by atoms with Gasteiger partial charge in [-0.3, -0.25) is 9.59 Å². The molecule has 0 aliphatic rings. The number of ether oxygens (including phenoxy) is 1. The van der Waals surface area contributed by atoms with Crippen molar-refractivity contribution in [3.63, 3.8) is 0 Å². The topological polar surface area (TPSA) is 67.4 Å². The van der Waals surface area contributed by atoms with E-state index in [1.54, 1.807) is 6.08 Å². The number of carbonyl (C=O) groups is 2. The molecule has 130 valence electrons. The van der Waals surface area contributed by atoms with Crippen molar-refractivity contribution in [2.75, 3.05) is 17.2 Å². The van der Waals surface area contributed by atoms with Crippen LogP contribution in [-0.2, 0) is 9.59 Å². The van der Waals surface area contributed by atoms with Gasteiger partial charge >= 0.3 is 0 Å². The van der Waals surface area contributed by atoms with E-state index < -0.39 is 11.7 Å². The second kappa shape index (κ2) is 8.63. The van der Waals surface area contributed by atoms with Crippen LogP contribution in [0.15, 0.2) is 48.5 Å². The number of hydrogen-bond donors (Lipinski definition) is 2. The minimum atomic E-state index is -0.571. The first-order chi connectivity index (χ1) is 12.0. The van der Waals surface area contributed by atoms with E-state index >= 15 is 0 Å². The molecule has 0 aromatic heterocycles. The number of amides is 2. The molecule has 0 heterocycles. The summed E-state index contributed by atoms with van der Waals surface area (Å²) in [4.78, 5) is 23.0. The number of halogens is 1. The van der Waals surface area contributed by atoms with Gasteiger partial charge in [-0.2, -0.15) is 0 Å². The van der Waals surface area contributed by atoms with E-state index in [4.69, 9.17) is 4.74 Å². The molecule has 2 aromatic rings. The summed E-state index contributed by atoms with van der Waals surface area (Å²) >= 11 is 0. The van der Waals surface area contributed by atoms with Crippen molar-refractivity contribution in [2.24, 2.45) is 0 Å². The Kier molecular flexibility index (Phi) is 6.28. The van der Waals surface area contributed by atoms with Crippen LogP contribution >= 0.6 is 0 Å². The Morgan fingerprint density at radius 1 is 1.12 bits per heavy atom. The molecule has 2 N–H and O–H groups in total. The lowest BCUT2D eigenvalue weighted by molar-refractivity contribution is -0.114. The lowest BCUT2D eigenvalue weighted by atomic mass is 10.2. The zero-order chi connectivity index (χ0) is 18.2. The van der Waals surface area contributed by atoms with Crippen molar-refractivity contribution >= 4 is 29.3 Å². The van der Waals surface area contributed by atoms with Crippen molar-refractivity contribution in [1.82, 2.24) is 0 Å². The summed E-state index contributed by atoms with van der Waals surface area (Å²) in [5, 5.41) is 4.98. The van der Waals surface area contributed by atoms with Gasteiger partial charge in [-0.15, -0.1) is 0 Å². The smallest absolute Gasteiger partial charge is 0.248 e. The summed E-state index contributed by atoms with van der Waals surface area (Å²) in [7, 11) is 0. The highest BCUT2D eigenvalue weighted by atomic mass is 19.1. The van der Waals surface area contributed by atoms with Gasteiger partial charge in [0.05, 0.1) is 12.3 Å². The monoisotopic (exact) mass is 342 g/mol. The summed E-state index contributed by atoms with van der Waals surface area (Å²) in [6, 6.07) is 11.3. The van der Waals surface area contributed by atoms with Crippen molar-refractivity contribution in [3.05, 3.63) is 59.9 Å². The molecule has 0 radical (unpaired) electrons. The molecule has 2 aromatic carbocycles. The molecule has 0 unspecified atom stereocenters. The Morgan fingerprint density at radius 2 is 1.84 bits per heavy atom. The van der Waals surface area contributed by atoms with Crippen LogP contribution in [0.3, 0.4) is 0 Å². The Labute approximate surface area is 145 Å². The summed E-state index contributed by atoms with van der Waals surface area (Å²) in [5.74, 6) is -0.564. The van der Waals surface area contributed by atoms with E-state index in [9.17, 15) is 14.0 Å². The lowest BCUT2D eigenvalue weighted by Crippen LogP contribution is -2.10. The average Bonchev–Trinajstić information content (AvgIpc) is 2.57. The van der Waals surface area contributed by atoms with Gasteiger partial charge in [-0.25, -0.2) is 4.39 Å². The quantitative estimate of drug-likeness (QED) is 0.784. The second-order valence-electron chi connectivity index (χ2n) is 5.20. The summed E-state index contributed by atoms with van der Waals surface area (Å²) < 4.78 is 18.9. The molecule has 2 rings (SSSR count). The van der Waals surface area contributed by atoms with Crippen molar-refractivity contribution in [1.29, 1.82) is 0 Å². The van der Waals surface area contributed by atoms with Crippen LogP contribution in [0.1, 0.15) is 19.4 Å². The number of nitrogens with one attached hydrogen (secondary N) is 2. The number of carbonyl (C=O) groups excluding carboxylic acids is 2. The third kappa shape index (κ3) is 5.76. The molecule has 5 nitrogen and oxygen atoms in total. The van der Waals surface area contributed by atoms with E-state index in [1.807, 2.05) is 31.2 Å². The normalized spacial score (nSPS) is 10.5. The maximum atomic E-state index is 13.6. The molecule has 25 heavy (non-hydrogen) atoms. The summed E-state index contributed by atoms with van der Waals surface area (Å²) in [6.45, 7) is 3.78. The molecular formula is C19H19FN2O3. The lowest BCUT2D eigenvalue weighted by Gasteiger charge is -2.07. The van der Waals surface area contributed by atoms with Crippen LogP contribution in [0.25, 0.3) is 6.08 Å². The predicted octanol–water partition coefficient (Wildman–Crippen LogP) is 3.83. The fourth-order valence-corrected chi connectivity index (χ4v) is 2.09. The van der Waals surface area contributed by atoms with Crippen molar-refractivity contribution < 1.29 is 18.7 Å². The molecule has 0 fully saturated rings. The SMILES string of the molecule is CCOc1ccc(/C=C/C(=O)Nc2ccc(F)c(NC(C)=O)c2)cc1. The number of rotatable bonds is 6. The van der Waals surface area contributed by atoms with Crippen LogP contribution in [0.4, 0.5) is 15.8 Å². The van der Waals surface area contributed by atoms with Crippen LogP contribution in [-0.4, -0.2) is 18.4 Å². The standard InChI is InChI=1S/C19H19FN2O3/c1-3-25-16-8-4-14(5-9-16)6-11-19(24)22-15-7-10-17(20)18(12-15)21-13(2)23/h4-12H,3H2,1-2H3,(H,21,23)(H,22,24)/b11-6+. The van der Waals surface area contributed by atoms with E-state index in [2.05, 4.69) is 10.6 Å². The third-order valence-electron chi connectivity index (χ3n) is 3.16. The molecule has 0 aliphatic heterocycles. The molecule has 2 amide bonds. The van der Waals surface area contributed by atoms with E-state index in [-0.39, 0.29) is 11.6 Å². The molecule has 0 saturated carbocycles. The third-order valence-corrected chi connectivity index (χ3v) is 3.16. The molecular weight excluding hydrogens is 323 g/mol. The van der Waals surface area contributed by atoms with Crippen LogP contribution in [0.5, 0.6) is 5.75 Å². The fraction of sp³-hybridized carbons (Fsp3) is 0.158. The first kappa shape index (κ1) is 18.2. The maximum absolute atomic E-state index is 13.6.